The molecule has 0 amide bonds. The Balaban J connectivity index is 2.39. The van der Waals surface area contributed by atoms with Crippen LogP contribution in [0.1, 0.15) is 187 Å². The molecule has 0 spiro atoms. The number of allylic oxidation sites excluding steroid dienone is 14. The largest absolute Gasteiger partial charge is 0.472 e. The van der Waals surface area contributed by atoms with Crippen molar-refractivity contribution in [2.24, 2.45) is 0 Å². The van der Waals surface area contributed by atoms with E-state index in [1.54, 1.807) is 0 Å². The van der Waals surface area contributed by atoms with E-state index < -0.39 is 63.1 Å². The van der Waals surface area contributed by atoms with E-state index in [0.717, 1.165) is 96.3 Å². The molecular weight excluding hydrogens is 872 g/mol. The molecule has 13 heteroatoms. The second-order valence-electron chi connectivity index (χ2n) is 17.6. The SMILES string of the molecule is CC/C=C\C/C=C\C/C=C\C/C=C\C/C=C\C/C=C\CCCCCOCC(COP(=O)(O)OC1C(O)C(O)C(O)C(O)C1O)OC(=O)CCCCCCCCC/C=C\CCCCCCCCC. The maximum absolute atomic E-state index is 12.9. The highest BCUT2D eigenvalue weighted by Gasteiger charge is 2.51. The fourth-order valence-corrected chi connectivity index (χ4v) is 8.38. The molecule has 6 N–H and O–H groups in total. The lowest BCUT2D eigenvalue weighted by molar-refractivity contribution is -0.220. The summed E-state index contributed by atoms with van der Waals surface area (Å²) in [6.45, 7) is 4.07. The van der Waals surface area contributed by atoms with Crippen molar-refractivity contribution in [3.05, 3.63) is 85.1 Å². The van der Waals surface area contributed by atoms with Gasteiger partial charge in [-0.25, -0.2) is 4.57 Å². The lowest BCUT2D eigenvalue weighted by atomic mass is 9.85. The number of aliphatic hydroxyl groups excluding tert-OH is 5. The number of aliphatic hydroxyl groups is 5. The van der Waals surface area contributed by atoms with Gasteiger partial charge in [0.05, 0.1) is 13.2 Å². The van der Waals surface area contributed by atoms with Crippen LogP contribution in [0.4, 0.5) is 0 Å². The Kier molecular flexibility index (Phi) is 40.6. The summed E-state index contributed by atoms with van der Waals surface area (Å²) in [6.07, 6.45) is 46.5. The zero-order valence-electron chi connectivity index (χ0n) is 41.4. The molecule has 1 aliphatic carbocycles. The van der Waals surface area contributed by atoms with Crippen LogP contribution in [0, 0.1) is 0 Å². The van der Waals surface area contributed by atoms with Gasteiger partial charge in [0.15, 0.2) is 0 Å². The van der Waals surface area contributed by atoms with Crippen molar-refractivity contribution in [2.75, 3.05) is 19.8 Å². The summed E-state index contributed by atoms with van der Waals surface area (Å²) in [5.74, 6) is -0.496. The highest BCUT2D eigenvalue weighted by Crippen LogP contribution is 2.47. The minimum absolute atomic E-state index is 0.106. The Morgan fingerprint density at radius 1 is 0.493 bits per heavy atom. The monoisotopic (exact) mass is 965 g/mol. The molecule has 0 heterocycles. The van der Waals surface area contributed by atoms with E-state index in [4.69, 9.17) is 18.5 Å². The van der Waals surface area contributed by atoms with Gasteiger partial charge in [-0.2, -0.15) is 0 Å². The predicted octanol–water partition coefficient (Wildman–Crippen LogP) is 11.7. The first-order valence-corrected chi connectivity index (χ1v) is 27.4. The van der Waals surface area contributed by atoms with Crippen LogP contribution in [0.15, 0.2) is 85.1 Å². The van der Waals surface area contributed by atoms with E-state index in [-0.39, 0.29) is 13.0 Å². The predicted molar refractivity (Wildman–Crippen MR) is 271 cm³/mol. The number of phosphoric acid groups is 1. The maximum Gasteiger partial charge on any atom is 0.472 e. The first-order chi connectivity index (χ1) is 32.5. The summed E-state index contributed by atoms with van der Waals surface area (Å²) < 4.78 is 34.3. The molecule has 6 atom stereocenters. The number of unbranched alkanes of at least 4 members (excludes halogenated alkanes) is 17. The van der Waals surface area contributed by atoms with Gasteiger partial charge in [-0.05, 0) is 89.9 Å². The molecule has 1 rings (SSSR count). The Morgan fingerprint density at radius 3 is 1.36 bits per heavy atom. The minimum atomic E-state index is -5.04. The van der Waals surface area contributed by atoms with E-state index in [9.17, 15) is 39.8 Å². The van der Waals surface area contributed by atoms with Crippen LogP contribution in [-0.4, -0.2) is 98.9 Å². The smallest absolute Gasteiger partial charge is 0.457 e. The Bertz CT molecular complexity index is 1420. The number of rotatable bonds is 43. The molecule has 12 nitrogen and oxygen atoms in total. The summed E-state index contributed by atoms with van der Waals surface area (Å²) in [5.41, 5.74) is 0. The van der Waals surface area contributed by atoms with E-state index in [1.165, 1.54) is 64.2 Å². The van der Waals surface area contributed by atoms with Crippen molar-refractivity contribution in [1.82, 2.24) is 0 Å². The van der Waals surface area contributed by atoms with Crippen molar-refractivity contribution < 1.29 is 58.3 Å². The number of ether oxygens (including phenoxy) is 2. The molecule has 1 fully saturated rings. The van der Waals surface area contributed by atoms with E-state index in [0.29, 0.717) is 13.0 Å². The molecule has 67 heavy (non-hydrogen) atoms. The van der Waals surface area contributed by atoms with Crippen LogP contribution in [0.3, 0.4) is 0 Å². The van der Waals surface area contributed by atoms with Gasteiger partial charge in [0.25, 0.3) is 0 Å². The number of hydrogen-bond acceptors (Lipinski definition) is 11. The molecule has 0 radical (unpaired) electrons. The van der Waals surface area contributed by atoms with Gasteiger partial charge >= 0.3 is 13.8 Å². The van der Waals surface area contributed by atoms with Crippen LogP contribution < -0.4 is 0 Å². The van der Waals surface area contributed by atoms with E-state index in [1.807, 2.05) is 0 Å². The van der Waals surface area contributed by atoms with Crippen molar-refractivity contribution in [3.8, 4) is 0 Å². The highest BCUT2D eigenvalue weighted by atomic mass is 31.2. The second-order valence-corrected chi connectivity index (χ2v) is 19.0. The fourth-order valence-electron chi connectivity index (χ4n) is 7.41. The molecule has 0 saturated heterocycles. The van der Waals surface area contributed by atoms with Crippen molar-refractivity contribution in [3.63, 3.8) is 0 Å². The molecule has 0 aromatic rings. The zero-order valence-corrected chi connectivity index (χ0v) is 42.3. The van der Waals surface area contributed by atoms with Gasteiger partial charge < -0.3 is 39.9 Å². The number of carbonyl (C=O) groups is 1. The van der Waals surface area contributed by atoms with Gasteiger partial charge in [-0.3, -0.25) is 13.8 Å². The van der Waals surface area contributed by atoms with Gasteiger partial charge in [-0.1, -0.05) is 176 Å². The number of phosphoric ester groups is 1. The van der Waals surface area contributed by atoms with Crippen LogP contribution in [0.5, 0.6) is 0 Å². The summed E-state index contributed by atoms with van der Waals surface area (Å²) >= 11 is 0. The Morgan fingerprint density at radius 2 is 0.881 bits per heavy atom. The van der Waals surface area contributed by atoms with Gasteiger partial charge in [0, 0.05) is 13.0 Å². The molecule has 1 saturated carbocycles. The van der Waals surface area contributed by atoms with Gasteiger partial charge in [0.1, 0.15) is 42.7 Å². The summed E-state index contributed by atoms with van der Waals surface area (Å²) in [4.78, 5) is 23.2. The molecule has 0 aromatic heterocycles. The average molecular weight is 965 g/mol. The normalized spacial score (nSPS) is 22.0. The first-order valence-electron chi connectivity index (χ1n) is 25.9. The lowest BCUT2D eigenvalue weighted by Gasteiger charge is -2.41. The molecule has 0 aromatic carbocycles. The molecule has 0 aliphatic heterocycles. The quantitative estimate of drug-likeness (QED) is 0.0147. The highest BCUT2D eigenvalue weighted by molar-refractivity contribution is 7.47. The third-order valence-electron chi connectivity index (χ3n) is 11.5. The molecular formula is C54H93O12P. The van der Waals surface area contributed by atoms with Crippen LogP contribution in [-0.2, 0) is 27.9 Å². The third-order valence-corrected chi connectivity index (χ3v) is 12.5. The third kappa shape index (κ3) is 35.3. The molecule has 1 aliphatic rings. The average Bonchev–Trinajstić information content (AvgIpc) is 3.31. The van der Waals surface area contributed by atoms with Crippen LogP contribution in [0.25, 0.3) is 0 Å². The van der Waals surface area contributed by atoms with Crippen molar-refractivity contribution >= 4 is 13.8 Å². The Hall–Kier alpha value is -2.48. The van der Waals surface area contributed by atoms with Crippen LogP contribution in [0.2, 0.25) is 0 Å². The minimum Gasteiger partial charge on any atom is -0.457 e. The van der Waals surface area contributed by atoms with Crippen LogP contribution >= 0.6 is 7.82 Å². The first kappa shape index (κ1) is 62.5. The van der Waals surface area contributed by atoms with Gasteiger partial charge in [0.2, 0.25) is 0 Å². The van der Waals surface area contributed by atoms with E-state index in [2.05, 4.69) is 98.9 Å². The van der Waals surface area contributed by atoms with Crippen molar-refractivity contribution in [2.45, 2.75) is 230 Å². The summed E-state index contributed by atoms with van der Waals surface area (Å²) in [5, 5.41) is 50.3. The lowest BCUT2D eigenvalue weighted by Crippen LogP contribution is -2.64. The zero-order chi connectivity index (χ0) is 49.1. The summed E-state index contributed by atoms with van der Waals surface area (Å²) in [7, 11) is -5.04. The van der Waals surface area contributed by atoms with E-state index >= 15 is 0 Å². The standard InChI is InChI=1S/C54H93O12P/c1-3-5-7-9-11-13-15-17-19-21-23-24-25-26-28-30-32-34-36-38-40-42-44-63-45-47(46-64-67(61,62)66-54-52(59)50(57)49(56)51(58)53(54)60)65-48(55)43-41-39-37-35-33-31-29-27-22-20-18-16-14-12-10-8-6-4-2/h5,7,11,13,17,19-20,22-24,26,28,32,34,47,49-54,56-60H,3-4,6,8-10,12,14-16,18,21,25,27,29-31,33,35-46H2,1-2H3,(H,61,62)/b7-5-,13-11-,19-17-,22-20-,24-23-,28-26-,34-32-. The maximum atomic E-state index is 12.9. The number of carbonyl (C=O) groups excluding carboxylic acids is 1. The molecule has 386 valence electrons. The number of esters is 1. The fraction of sp³-hybridized carbons (Fsp3) is 0.722. The second kappa shape index (κ2) is 43.5. The summed E-state index contributed by atoms with van der Waals surface area (Å²) in [6, 6.07) is 0. The number of hydrogen-bond donors (Lipinski definition) is 6. The molecule has 6 unspecified atom stereocenters. The topological polar surface area (TPSA) is 192 Å². The molecule has 0 bridgehead atoms. The van der Waals surface area contributed by atoms with Gasteiger partial charge in [-0.15, -0.1) is 0 Å². The Labute approximate surface area is 405 Å². The van der Waals surface area contributed by atoms with Crippen molar-refractivity contribution in [1.29, 1.82) is 0 Å².